The number of rotatable bonds is 5. The zero-order chi connectivity index (χ0) is 15.2. The predicted octanol–water partition coefficient (Wildman–Crippen LogP) is 3.40. The molecule has 3 unspecified atom stereocenters. The van der Waals surface area contributed by atoms with Crippen LogP contribution in [0.5, 0.6) is 0 Å². The summed E-state index contributed by atoms with van der Waals surface area (Å²) in [7, 11) is 0. The van der Waals surface area contributed by atoms with Crippen molar-refractivity contribution in [2.24, 2.45) is 11.8 Å². The first kappa shape index (κ1) is 16.0. The van der Waals surface area contributed by atoms with Crippen molar-refractivity contribution in [3.05, 3.63) is 35.4 Å². The molecule has 3 atom stereocenters. The Morgan fingerprint density at radius 3 is 2.52 bits per heavy atom. The monoisotopic (exact) mass is 286 g/mol. The Kier molecular flexibility index (Phi) is 5.78. The van der Waals surface area contributed by atoms with Gasteiger partial charge in [0.1, 0.15) is 0 Å². The van der Waals surface area contributed by atoms with E-state index in [0.29, 0.717) is 30.0 Å². The van der Waals surface area contributed by atoms with Gasteiger partial charge in [0.15, 0.2) is 0 Å². The molecule has 1 aromatic rings. The number of nitriles is 1. The second kappa shape index (κ2) is 7.59. The molecule has 0 spiro atoms. The molecule has 3 heteroatoms. The zero-order valence-corrected chi connectivity index (χ0v) is 13.0. The minimum Gasteiger partial charge on any atom is -0.387 e. The number of hydrogen-bond acceptors (Lipinski definition) is 3. The van der Waals surface area contributed by atoms with Gasteiger partial charge in [-0.2, -0.15) is 5.26 Å². The van der Waals surface area contributed by atoms with E-state index in [2.05, 4.69) is 25.2 Å². The van der Waals surface area contributed by atoms with Crippen LogP contribution in [0.1, 0.15) is 56.8 Å². The van der Waals surface area contributed by atoms with Crippen LogP contribution in [0.3, 0.4) is 0 Å². The molecule has 2 N–H and O–H groups in total. The molecule has 2 rings (SSSR count). The van der Waals surface area contributed by atoms with Crippen LogP contribution in [-0.4, -0.2) is 17.7 Å². The van der Waals surface area contributed by atoms with Crippen molar-refractivity contribution >= 4 is 0 Å². The second-order valence-corrected chi connectivity index (χ2v) is 6.46. The fourth-order valence-corrected chi connectivity index (χ4v) is 3.37. The molecular formula is C18H26N2O. The van der Waals surface area contributed by atoms with E-state index >= 15 is 0 Å². The van der Waals surface area contributed by atoms with Crippen molar-refractivity contribution < 1.29 is 5.11 Å². The van der Waals surface area contributed by atoms with Crippen molar-refractivity contribution in [1.29, 1.82) is 5.26 Å². The van der Waals surface area contributed by atoms with Gasteiger partial charge in [-0.15, -0.1) is 0 Å². The van der Waals surface area contributed by atoms with Gasteiger partial charge in [-0.05, 0) is 42.4 Å². The first-order valence-electron chi connectivity index (χ1n) is 8.03. The van der Waals surface area contributed by atoms with Gasteiger partial charge in [-0.3, -0.25) is 0 Å². The van der Waals surface area contributed by atoms with Gasteiger partial charge in [0.25, 0.3) is 0 Å². The van der Waals surface area contributed by atoms with Gasteiger partial charge in [0, 0.05) is 12.6 Å². The van der Waals surface area contributed by atoms with Crippen LogP contribution < -0.4 is 5.32 Å². The molecule has 1 fully saturated rings. The maximum atomic E-state index is 10.3. The predicted molar refractivity (Wildman–Crippen MR) is 84.7 cm³/mol. The molecule has 0 amide bonds. The van der Waals surface area contributed by atoms with Gasteiger partial charge < -0.3 is 10.4 Å². The smallest absolute Gasteiger partial charge is 0.0991 e. The number of aliphatic hydroxyl groups excluding tert-OH is 1. The van der Waals surface area contributed by atoms with E-state index in [0.717, 1.165) is 5.56 Å². The molecular weight excluding hydrogens is 260 g/mol. The summed E-state index contributed by atoms with van der Waals surface area (Å²) < 4.78 is 0. The molecule has 0 bridgehead atoms. The lowest BCUT2D eigenvalue weighted by Crippen LogP contribution is -2.42. The molecule has 0 aliphatic heterocycles. The van der Waals surface area contributed by atoms with E-state index in [4.69, 9.17) is 5.26 Å². The van der Waals surface area contributed by atoms with E-state index in [-0.39, 0.29) is 0 Å². The number of hydrogen-bond donors (Lipinski definition) is 2. The Morgan fingerprint density at radius 1 is 1.24 bits per heavy atom. The lowest BCUT2D eigenvalue weighted by Gasteiger charge is -2.35. The topological polar surface area (TPSA) is 56.0 Å². The maximum absolute atomic E-state index is 10.3. The van der Waals surface area contributed by atoms with Gasteiger partial charge in [0.2, 0.25) is 0 Å². The molecule has 1 aliphatic rings. The number of nitrogens with one attached hydrogen (secondary N) is 1. The summed E-state index contributed by atoms with van der Waals surface area (Å²) in [4.78, 5) is 0. The molecule has 114 valence electrons. The number of nitrogens with zero attached hydrogens (tertiary/aromatic N) is 1. The average molecular weight is 286 g/mol. The van der Waals surface area contributed by atoms with Gasteiger partial charge in [0.05, 0.1) is 17.7 Å². The summed E-state index contributed by atoms with van der Waals surface area (Å²) in [5.41, 5.74) is 1.50. The molecule has 3 nitrogen and oxygen atoms in total. The molecule has 1 saturated carbocycles. The number of aliphatic hydroxyl groups is 1. The van der Waals surface area contributed by atoms with Crippen LogP contribution in [-0.2, 0) is 0 Å². The normalized spacial score (nSPS) is 23.8. The Morgan fingerprint density at radius 2 is 1.90 bits per heavy atom. The Labute approximate surface area is 128 Å². The van der Waals surface area contributed by atoms with Gasteiger partial charge >= 0.3 is 0 Å². The molecule has 1 aromatic carbocycles. The average Bonchev–Trinajstić information content (AvgIpc) is 2.52. The fraction of sp³-hybridized carbons (Fsp3) is 0.611. The van der Waals surface area contributed by atoms with Crippen molar-refractivity contribution in [1.82, 2.24) is 5.32 Å². The van der Waals surface area contributed by atoms with E-state index in [1.807, 2.05) is 12.1 Å². The Bertz CT molecular complexity index is 475. The summed E-state index contributed by atoms with van der Waals surface area (Å²) in [6, 6.07) is 9.82. The largest absolute Gasteiger partial charge is 0.387 e. The molecule has 0 radical (unpaired) electrons. The summed E-state index contributed by atoms with van der Waals surface area (Å²) in [5.74, 6) is 1.40. The fourth-order valence-electron chi connectivity index (χ4n) is 3.37. The molecule has 0 aromatic heterocycles. The minimum atomic E-state index is -0.507. The highest BCUT2D eigenvalue weighted by Gasteiger charge is 2.27. The van der Waals surface area contributed by atoms with E-state index in [1.165, 1.54) is 25.7 Å². The zero-order valence-electron chi connectivity index (χ0n) is 13.0. The quantitative estimate of drug-likeness (QED) is 0.872. The Balaban J connectivity index is 1.90. The van der Waals surface area contributed by atoms with Gasteiger partial charge in [-0.25, -0.2) is 0 Å². The minimum absolute atomic E-state index is 0.507. The van der Waals surface area contributed by atoms with E-state index in [9.17, 15) is 5.11 Å². The summed E-state index contributed by atoms with van der Waals surface area (Å²) >= 11 is 0. The van der Waals surface area contributed by atoms with E-state index in [1.54, 1.807) is 12.1 Å². The van der Waals surface area contributed by atoms with Crippen LogP contribution in [0, 0.1) is 23.2 Å². The highest BCUT2D eigenvalue weighted by molar-refractivity contribution is 5.32. The van der Waals surface area contributed by atoms with Crippen molar-refractivity contribution in [2.45, 2.75) is 51.7 Å². The highest BCUT2D eigenvalue weighted by Crippen LogP contribution is 2.30. The highest BCUT2D eigenvalue weighted by atomic mass is 16.3. The lowest BCUT2D eigenvalue weighted by molar-refractivity contribution is 0.144. The Hall–Kier alpha value is -1.37. The van der Waals surface area contributed by atoms with Crippen LogP contribution >= 0.6 is 0 Å². The second-order valence-electron chi connectivity index (χ2n) is 6.46. The third-order valence-electron chi connectivity index (χ3n) is 4.67. The third-order valence-corrected chi connectivity index (χ3v) is 4.67. The first-order chi connectivity index (χ1) is 10.1. The summed E-state index contributed by atoms with van der Waals surface area (Å²) in [6.07, 6.45) is 4.62. The van der Waals surface area contributed by atoms with Crippen LogP contribution in [0.4, 0.5) is 0 Å². The van der Waals surface area contributed by atoms with Crippen LogP contribution in [0.15, 0.2) is 24.3 Å². The lowest BCUT2D eigenvalue weighted by atomic mass is 9.78. The van der Waals surface area contributed by atoms with Crippen molar-refractivity contribution in [3.8, 4) is 6.07 Å². The standard InChI is InChI=1S/C18H26N2O/c1-13(2)16-5-3-4-6-17(16)20-12-18(21)15-9-7-14(11-19)8-10-15/h7-10,13,16-18,20-21H,3-6,12H2,1-2H3. The first-order valence-corrected chi connectivity index (χ1v) is 8.03. The SMILES string of the molecule is CC(C)C1CCCCC1NCC(O)c1ccc(C#N)cc1. The van der Waals surface area contributed by atoms with Crippen LogP contribution in [0.25, 0.3) is 0 Å². The molecule has 21 heavy (non-hydrogen) atoms. The molecule has 0 heterocycles. The number of benzene rings is 1. The van der Waals surface area contributed by atoms with E-state index < -0.39 is 6.10 Å². The third kappa shape index (κ3) is 4.30. The van der Waals surface area contributed by atoms with Gasteiger partial charge in [-0.1, -0.05) is 38.8 Å². The molecule has 1 aliphatic carbocycles. The summed E-state index contributed by atoms with van der Waals surface area (Å²) in [6.45, 7) is 5.17. The maximum Gasteiger partial charge on any atom is 0.0991 e. The summed E-state index contributed by atoms with van der Waals surface area (Å²) in [5, 5.41) is 22.7. The molecule has 0 saturated heterocycles. The van der Waals surface area contributed by atoms with Crippen molar-refractivity contribution in [2.75, 3.05) is 6.54 Å². The van der Waals surface area contributed by atoms with Crippen LogP contribution in [0.2, 0.25) is 0 Å². The van der Waals surface area contributed by atoms with Crippen molar-refractivity contribution in [3.63, 3.8) is 0 Å².